The first-order valence-electron chi connectivity index (χ1n) is 10.9. The number of hydrogen-bond acceptors (Lipinski definition) is 4. The fourth-order valence-corrected chi connectivity index (χ4v) is 10.6. The van der Waals surface area contributed by atoms with Crippen LogP contribution in [0.25, 0.3) is 0 Å². The smallest absolute Gasteiger partial charge is 0.258 e. The van der Waals surface area contributed by atoms with Gasteiger partial charge in [-0.1, -0.05) is 41.5 Å². The summed E-state index contributed by atoms with van der Waals surface area (Å²) in [6, 6.07) is 9.52. The van der Waals surface area contributed by atoms with Gasteiger partial charge in [-0.2, -0.15) is 0 Å². The Balaban J connectivity index is 2.05. The maximum absolute atomic E-state index is 14.8. The fraction of sp³-hybridized carbons (Fsp3) is 0.500. The topological polar surface area (TPSA) is 51.7 Å². The van der Waals surface area contributed by atoms with Crippen LogP contribution in [0.5, 0.6) is 5.75 Å². The lowest BCUT2D eigenvalue weighted by Crippen LogP contribution is -2.65. The number of nitrogens with zero attached hydrogens (tertiary/aromatic N) is 2. The summed E-state index contributed by atoms with van der Waals surface area (Å²) in [7, 11) is -0.766. The van der Waals surface area contributed by atoms with Gasteiger partial charge < -0.3 is 9.16 Å². The molecule has 2 atom stereocenters. The summed E-state index contributed by atoms with van der Waals surface area (Å²) < 4.78 is 26.8. The molecule has 1 aromatic carbocycles. The van der Waals surface area contributed by atoms with Crippen LogP contribution >= 0.6 is 0 Å². The lowest BCUT2D eigenvalue weighted by Gasteiger charge is -2.52. The van der Waals surface area contributed by atoms with Crippen LogP contribution in [0.3, 0.4) is 0 Å². The van der Waals surface area contributed by atoms with Crippen molar-refractivity contribution in [2.45, 2.75) is 70.3 Å². The van der Waals surface area contributed by atoms with E-state index < -0.39 is 26.3 Å². The third-order valence-electron chi connectivity index (χ3n) is 6.50. The average molecular weight is 445 g/mol. The first kappa shape index (κ1) is 23.4. The summed E-state index contributed by atoms with van der Waals surface area (Å²) >= 11 is 0. The Labute approximate surface area is 185 Å². The van der Waals surface area contributed by atoms with Crippen molar-refractivity contribution in [1.82, 2.24) is 4.98 Å². The molecule has 3 rings (SSSR count). The number of hydrogen-bond donors (Lipinski definition) is 0. The highest BCUT2D eigenvalue weighted by Gasteiger charge is 2.57. The SMILES string of the molecule is COc1ccc(N2C(=O)[C@H](O[Si](C(C)C)(C(C)C)C(C)C)[C@@H]2c2ncccc2F)cc1. The molecule has 1 amide bonds. The van der Waals surface area contributed by atoms with Crippen LogP contribution in [0.2, 0.25) is 16.6 Å². The Morgan fingerprint density at radius 2 is 1.58 bits per heavy atom. The molecule has 1 aliphatic heterocycles. The van der Waals surface area contributed by atoms with E-state index in [1.807, 2.05) is 0 Å². The average Bonchev–Trinajstić information content (AvgIpc) is 2.72. The van der Waals surface area contributed by atoms with Gasteiger partial charge in [-0.05, 0) is 53.0 Å². The van der Waals surface area contributed by atoms with Crippen LogP contribution in [0.4, 0.5) is 10.1 Å². The first-order valence-corrected chi connectivity index (χ1v) is 13.0. The summed E-state index contributed by atoms with van der Waals surface area (Å²) in [5, 5.41) is 0. The summed E-state index contributed by atoms with van der Waals surface area (Å²) in [6.45, 7) is 13.0. The maximum Gasteiger partial charge on any atom is 0.258 e. The number of rotatable bonds is 8. The highest BCUT2D eigenvalue weighted by Crippen LogP contribution is 2.49. The molecule has 7 heteroatoms. The van der Waals surface area contributed by atoms with Crippen molar-refractivity contribution in [3.05, 3.63) is 54.1 Å². The number of benzene rings is 1. The summed E-state index contributed by atoms with van der Waals surface area (Å²) in [6.07, 6.45) is 0.813. The lowest BCUT2D eigenvalue weighted by molar-refractivity contribution is -0.136. The molecule has 31 heavy (non-hydrogen) atoms. The maximum atomic E-state index is 14.8. The normalized spacial score (nSPS) is 19.3. The number of anilines is 1. The van der Waals surface area contributed by atoms with Gasteiger partial charge in [0.25, 0.3) is 5.91 Å². The second-order valence-electron chi connectivity index (χ2n) is 9.08. The molecule has 1 fully saturated rings. The van der Waals surface area contributed by atoms with Gasteiger partial charge in [0.2, 0.25) is 8.32 Å². The molecule has 1 aliphatic rings. The highest BCUT2D eigenvalue weighted by molar-refractivity contribution is 6.77. The minimum Gasteiger partial charge on any atom is -0.497 e. The predicted octanol–water partition coefficient (Wildman–Crippen LogP) is 5.88. The van der Waals surface area contributed by atoms with Crippen molar-refractivity contribution in [3.63, 3.8) is 0 Å². The number of pyridine rings is 1. The quantitative estimate of drug-likeness (QED) is 0.377. The van der Waals surface area contributed by atoms with Gasteiger partial charge in [0.05, 0.1) is 7.11 Å². The van der Waals surface area contributed by atoms with E-state index in [1.54, 1.807) is 48.5 Å². The predicted molar refractivity (Wildman–Crippen MR) is 123 cm³/mol. The van der Waals surface area contributed by atoms with Gasteiger partial charge in [-0.15, -0.1) is 0 Å². The van der Waals surface area contributed by atoms with Crippen molar-refractivity contribution >= 4 is 19.9 Å². The van der Waals surface area contributed by atoms with Crippen molar-refractivity contribution in [2.24, 2.45) is 0 Å². The zero-order valence-corrected chi connectivity index (χ0v) is 20.4. The van der Waals surface area contributed by atoms with Crippen molar-refractivity contribution in [2.75, 3.05) is 12.0 Å². The number of β-lactam (4-membered cyclic amide) rings is 1. The fourth-order valence-electron chi connectivity index (χ4n) is 5.12. The van der Waals surface area contributed by atoms with Crippen LogP contribution in [0.1, 0.15) is 53.3 Å². The third-order valence-corrected chi connectivity index (χ3v) is 12.6. The summed E-state index contributed by atoms with van der Waals surface area (Å²) in [4.78, 5) is 19.3. The monoisotopic (exact) mass is 444 g/mol. The van der Waals surface area contributed by atoms with Gasteiger partial charge in [0, 0.05) is 11.9 Å². The van der Waals surface area contributed by atoms with E-state index >= 15 is 0 Å². The molecule has 0 saturated carbocycles. The highest BCUT2D eigenvalue weighted by atomic mass is 28.4. The van der Waals surface area contributed by atoms with E-state index in [1.165, 1.54) is 6.07 Å². The third kappa shape index (κ3) is 4.01. The molecule has 0 bridgehead atoms. The van der Waals surface area contributed by atoms with Gasteiger partial charge in [-0.3, -0.25) is 14.7 Å². The second-order valence-corrected chi connectivity index (χ2v) is 14.5. The van der Waals surface area contributed by atoms with E-state index in [2.05, 4.69) is 46.5 Å². The minimum atomic E-state index is -2.36. The van der Waals surface area contributed by atoms with Crippen molar-refractivity contribution in [3.8, 4) is 5.75 Å². The number of ether oxygens (including phenoxy) is 1. The molecule has 2 aromatic rings. The van der Waals surface area contributed by atoms with E-state index in [4.69, 9.17) is 9.16 Å². The molecule has 1 saturated heterocycles. The molecule has 1 aromatic heterocycles. The molecule has 168 valence electrons. The molecule has 0 radical (unpaired) electrons. The van der Waals surface area contributed by atoms with E-state index in [-0.39, 0.29) is 11.6 Å². The van der Waals surface area contributed by atoms with Crippen LogP contribution in [-0.2, 0) is 9.22 Å². The largest absolute Gasteiger partial charge is 0.497 e. The van der Waals surface area contributed by atoms with E-state index in [0.29, 0.717) is 28.1 Å². The summed E-state index contributed by atoms with van der Waals surface area (Å²) in [5.74, 6) is 0.105. The molecule has 5 nitrogen and oxygen atoms in total. The Morgan fingerprint density at radius 1 is 1.00 bits per heavy atom. The van der Waals surface area contributed by atoms with Gasteiger partial charge >= 0.3 is 0 Å². The lowest BCUT2D eigenvalue weighted by atomic mass is 9.93. The Bertz CT molecular complexity index is 896. The second kappa shape index (κ2) is 9.08. The Morgan fingerprint density at radius 3 is 2.06 bits per heavy atom. The van der Waals surface area contributed by atoms with E-state index in [9.17, 15) is 9.18 Å². The molecule has 2 heterocycles. The summed E-state index contributed by atoms with van der Waals surface area (Å²) in [5.41, 5.74) is 1.84. The standard InChI is InChI=1S/C24H33FN2O3Si/c1-15(2)31(16(3)4,17(5)6)30-23-22(21-20(25)9-8-14-26-21)27(24(23)28)18-10-12-19(29-7)13-11-18/h8-17,22-23H,1-7H3/t22-,23+/m0/s1. The first-order chi connectivity index (χ1) is 14.6. The van der Waals surface area contributed by atoms with Crippen LogP contribution < -0.4 is 9.64 Å². The Kier molecular flexibility index (Phi) is 6.86. The van der Waals surface area contributed by atoms with Gasteiger partial charge in [0.1, 0.15) is 23.3 Å². The molecule has 0 spiro atoms. The van der Waals surface area contributed by atoms with Gasteiger partial charge in [-0.25, -0.2) is 4.39 Å². The minimum absolute atomic E-state index is 0.154. The number of carbonyl (C=O) groups excluding carboxylic acids is 1. The molecule has 0 N–H and O–H groups in total. The number of carbonyl (C=O) groups is 1. The number of aromatic nitrogens is 1. The molecule has 0 unspecified atom stereocenters. The number of halogens is 1. The molecule has 0 aliphatic carbocycles. The number of methoxy groups -OCH3 is 1. The molecular formula is C24H33FN2O3Si. The Hall–Kier alpha value is -2.25. The van der Waals surface area contributed by atoms with Gasteiger partial charge in [0.15, 0.2) is 6.10 Å². The molecular weight excluding hydrogens is 411 g/mol. The number of amides is 1. The zero-order valence-electron chi connectivity index (χ0n) is 19.4. The van der Waals surface area contributed by atoms with Crippen LogP contribution in [0.15, 0.2) is 42.6 Å². The zero-order chi connectivity index (χ0) is 22.9. The van der Waals surface area contributed by atoms with Crippen LogP contribution in [0, 0.1) is 5.82 Å². The van der Waals surface area contributed by atoms with Crippen molar-refractivity contribution < 1.29 is 18.3 Å². The van der Waals surface area contributed by atoms with Crippen LogP contribution in [-0.4, -0.2) is 32.4 Å². The van der Waals surface area contributed by atoms with Crippen molar-refractivity contribution in [1.29, 1.82) is 0 Å². The van der Waals surface area contributed by atoms with E-state index in [0.717, 1.165) is 0 Å².